The summed E-state index contributed by atoms with van der Waals surface area (Å²) >= 11 is 0. The molecule has 1 aromatic carbocycles. The molecule has 4 nitrogen and oxygen atoms in total. The molecule has 1 aromatic heterocycles. The minimum absolute atomic E-state index is 0.0663. The zero-order valence-electron chi connectivity index (χ0n) is 12.1. The van der Waals surface area contributed by atoms with Crippen LogP contribution in [0.25, 0.3) is 0 Å². The normalized spacial score (nSPS) is 10.2. The van der Waals surface area contributed by atoms with Gasteiger partial charge in [-0.1, -0.05) is 18.2 Å². The zero-order chi connectivity index (χ0) is 14.5. The van der Waals surface area contributed by atoms with Crippen molar-refractivity contribution in [2.45, 2.75) is 13.8 Å². The SMILES string of the molecule is CCNc1ccncc1C(=O)N(C)c1ccccc1C. The Morgan fingerprint density at radius 1 is 1.30 bits per heavy atom. The topological polar surface area (TPSA) is 45.2 Å². The average molecular weight is 269 g/mol. The zero-order valence-corrected chi connectivity index (χ0v) is 12.1. The van der Waals surface area contributed by atoms with E-state index in [1.54, 1.807) is 24.3 Å². The lowest BCUT2D eigenvalue weighted by Gasteiger charge is -2.21. The van der Waals surface area contributed by atoms with Crippen molar-refractivity contribution in [3.63, 3.8) is 0 Å². The molecule has 0 spiro atoms. The molecule has 0 aliphatic rings. The molecule has 0 atom stereocenters. The van der Waals surface area contributed by atoms with Crippen molar-refractivity contribution in [2.24, 2.45) is 0 Å². The number of anilines is 2. The van der Waals surface area contributed by atoms with Crippen LogP contribution in [0.4, 0.5) is 11.4 Å². The fraction of sp³-hybridized carbons (Fsp3) is 0.250. The molecule has 2 aromatic rings. The van der Waals surface area contributed by atoms with Crippen LogP contribution in [0.5, 0.6) is 0 Å². The third kappa shape index (κ3) is 2.79. The lowest BCUT2D eigenvalue weighted by molar-refractivity contribution is 0.0993. The third-order valence-electron chi connectivity index (χ3n) is 3.20. The van der Waals surface area contributed by atoms with Crippen LogP contribution in [-0.4, -0.2) is 24.5 Å². The Kier molecular flexibility index (Phi) is 4.35. The number of nitrogens with one attached hydrogen (secondary N) is 1. The van der Waals surface area contributed by atoms with Gasteiger partial charge in [-0.3, -0.25) is 9.78 Å². The number of para-hydroxylation sites is 1. The summed E-state index contributed by atoms with van der Waals surface area (Å²) < 4.78 is 0. The Hall–Kier alpha value is -2.36. The van der Waals surface area contributed by atoms with E-state index in [-0.39, 0.29) is 5.91 Å². The number of pyridine rings is 1. The van der Waals surface area contributed by atoms with E-state index in [1.807, 2.05) is 44.2 Å². The van der Waals surface area contributed by atoms with Crippen LogP contribution >= 0.6 is 0 Å². The first-order valence-electron chi connectivity index (χ1n) is 6.66. The Morgan fingerprint density at radius 2 is 2.05 bits per heavy atom. The quantitative estimate of drug-likeness (QED) is 0.927. The van der Waals surface area contributed by atoms with Gasteiger partial charge in [0, 0.05) is 31.7 Å². The number of hydrogen-bond acceptors (Lipinski definition) is 3. The van der Waals surface area contributed by atoms with E-state index in [4.69, 9.17) is 0 Å². The van der Waals surface area contributed by atoms with Crippen LogP contribution in [0.2, 0.25) is 0 Å². The highest BCUT2D eigenvalue weighted by Crippen LogP contribution is 2.22. The Balaban J connectivity index is 2.34. The van der Waals surface area contributed by atoms with E-state index in [0.717, 1.165) is 23.5 Å². The molecule has 0 unspecified atom stereocenters. The maximum Gasteiger partial charge on any atom is 0.261 e. The second-order valence-corrected chi connectivity index (χ2v) is 4.60. The molecule has 0 saturated heterocycles. The van der Waals surface area contributed by atoms with E-state index in [1.165, 1.54) is 0 Å². The van der Waals surface area contributed by atoms with Crippen LogP contribution in [0.1, 0.15) is 22.8 Å². The maximum absolute atomic E-state index is 12.6. The molecule has 0 bridgehead atoms. The van der Waals surface area contributed by atoms with Crippen molar-refractivity contribution in [3.8, 4) is 0 Å². The summed E-state index contributed by atoms with van der Waals surface area (Å²) in [5.74, 6) is -0.0663. The van der Waals surface area contributed by atoms with Gasteiger partial charge >= 0.3 is 0 Å². The summed E-state index contributed by atoms with van der Waals surface area (Å²) in [7, 11) is 1.79. The Bertz CT molecular complexity index is 610. The molecule has 0 radical (unpaired) electrons. The lowest BCUT2D eigenvalue weighted by Crippen LogP contribution is -2.27. The van der Waals surface area contributed by atoms with Crippen molar-refractivity contribution in [1.29, 1.82) is 0 Å². The summed E-state index contributed by atoms with van der Waals surface area (Å²) in [4.78, 5) is 18.4. The highest BCUT2D eigenvalue weighted by Gasteiger charge is 2.18. The van der Waals surface area contributed by atoms with Crippen molar-refractivity contribution >= 4 is 17.3 Å². The predicted octanol–water partition coefficient (Wildman–Crippen LogP) is 3.10. The summed E-state index contributed by atoms with van der Waals surface area (Å²) in [5.41, 5.74) is 3.37. The molecular weight excluding hydrogens is 250 g/mol. The number of aromatic nitrogens is 1. The number of benzene rings is 1. The maximum atomic E-state index is 12.6. The molecule has 0 saturated carbocycles. The third-order valence-corrected chi connectivity index (χ3v) is 3.20. The Labute approximate surface area is 119 Å². The van der Waals surface area contributed by atoms with Crippen molar-refractivity contribution in [1.82, 2.24) is 4.98 Å². The van der Waals surface area contributed by atoms with Crippen molar-refractivity contribution in [3.05, 3.63) is 53.9 Å². The number of hydrogen-bond donors (Lipinski definition) is 1. The van der Waals surface area contributed by atoms with Gasteiger partial charge in [0.05, 0.1) is 11.3 Å². The second-order valence-electron chi connectivity index (χ2n) is 4.60. The molecule has 0 aliphatic heterocycles. The smallest absolute Gasteiger partial charge is 0.261 e. The van der Waals surface area contributed by atoms with E-state index in [0.29, 0.717) is 5.56 Å². The van der Waals surface area contributed by atoms with Crippen LogP contribution in [0.15, 0.2) is 42.7 Å². The predicted molar refractivity (Wildman–Crippen MR) is 82.3 cm³/mol. The molecule has 4 heteroatoms. The van der Waals surface area contributed by atoms with Gasteiger partial charge in [0.2, 0.25) is 0 Å². The minimum Gasteiger partial charge on any atom is -0.385 e. The number of amides is 1. The van der Waals surface area contributed by atoms with E-state index in [2.05, 4.69) is 10.3 Å². The van der Waals surface area contributed by atoms with Crippen LogP contribution in [0, 0.1) is 6.92 Å². The van der Waals surface area contributed by atoms with Gasteiger partial charge in [-0.2, -0.15) is 0 Å². The van der Waals surface area contributed by atoms with E-state index in [9.17, 15) is 4.79 Å². The first-order chi connectivity index (χ1) is 9.65. The summed E-state index contributed by atoms with van der Waals surface area (Å²) in [5, 5.41) is 3.19. The summed E-state index contributed by atoms with van der Waals surface area (Å²) in [6.45, 7) is 4.76. The fourth-order valence-corrected chi connectivity index (χ4v) is 2.14. The molecule has 0 aliphatic carbocycles. The number of nitrogens with zero attached hydrogens (tertiary/aromatic N) is 2. The number of aryl methyl sites for hydroxylation is 1. The Morgan fingerprint density at radius 3 is 2.75 bits per heavy atom. The second kappa shape index (κ2) is 6.19. The van der Waals surface area contributed by atoms with Gasteiger partial charge in [-0.25, -0.2) is 0 Å². The van der Waals surface area contributed by atoms with Crippen LogP contribution in [0.3, 0.4) is 0 Å². The van der Waals surface area contributed by atoms with Gasteiger partial charge in [-0.05, 0) is 31.5 Å². The molecule has 20 heavy (non-hydrogen) atoms. The molecule has 104 valence electrons. The van der Waals surface area contributed by atoms with Gasteiger partial charge in [-0.15, -0.1) is 0 Å². The molecule has 1 heterocycles. The minimum atomic E-state index is -0.0663. The molecule has 2 rings (SSSR count). The van der Waals surface area contributed by atoms with Crippen LogP contribution in [-0.2, 0) is 0 Å². The van der Waals surface area contributed by atoms with Gasteiger partial charge in [0.1, 0.15) is 0 Å². The van der Waals surface area contributed by atoms with Gasteiger partial charge < -0.3 is 10.2 Å². The monoisotopic (exact) mass is 269 g/mol. The summed E-state index contributed by atoms with van der Waals surface area (Å²) in [6, 6.07) is 9.65. The van der Waals surface area contributed by atoms with Gasteiger partial charge in [0.25, 0.3) is 5.91 Å². The first-order valence-corrected chi connectivity index (χ1v) is 6.66. The molecule has 0 fully saturated rings. The number of rotatable bonds is 4. The van der Waals surface area contributed by atoms with E-state index >= 15 is 0 Å². The average Bonchev–Trinajstić information content (AvgIpc) is 2.47. The lowest BCUT2D eigenvalue weighted by atomic mass is 10.1. The number of carbonyl (C=O) groups excluding carboxylic acids is 1. The largest absolute Gasteiger partial charge is 0.385 e. The fourth-order valence-electron chi connectivity index (χ4n) is 2.14. The van der Waals surface area contributed by atoms with Crippen molar-refractivity contribution in [2.75, 3.05) is 23.8 Å². The molecule has 1 amide bonds. The highest BCUT2D eigenvalue weighted by molar-refractivity contribution is 6.09. The standard InChI is InChI=1S/C16H19N3O/c1-4-18-14-9-10-17-11-13(14)16(20)19(3)15-8-6-5-7-12(15)2/h5-11H,4H2,1-3H3,(H,17,18). The van der Waals surface area contributed by atoms with E-state index < -0.39 is 0 Å². The molecule has 1 N–H and O–H groups in total. The molecular formula is C16H19N3O. The van der Waals surface area contributed by atoms with Crippen LogP contribution < -0.4 is 10.2 Å². The highest BCUT2D eigenvalue weighted by atomic mass is 16.2. The van der Waals surface area contributed by atoms with Crippen molar-refractivity contribution < 1.29 is 4.79 Å². The number of carbonyl (C=O) groups is 1. The first kappa shape index (κ1) is 14.1. The van der Waals surface area contributed by atoms with Gasteiger partial charge in [0.15, 0.2) is 0 Å². The summed E-state index contributed by atoms with van der Waals surface area (Å²) in [6.07, 6.45) is 3.29.